The van der Waals surface area contributed by atoms with Gasteiger partial charge >= 0.3 is 5.97 Å². The minimum absolute atomic E-state index is 0.331. The van der Waals surface area contributed by atoms with Gasteiger partial charge in [0.05, 0.1) is 6.61 Å². The minimum atomic E-state index is -0.550. The van der Waals surface area contributed by atoms with Gasteiger partial charge in [-0.3, -0.25) is 4.79 Å². The molecule has 1 aromatic rings. The summed E-state index contributed by atoms with van der Waals surface area (Å²) in [5, 5.41) is 0. The first kappa shape index (κ1) is 13.1. The zero-order chi connectivity index (χ0) is 12.0. The third-order valence-corrected chi connectivity index (χ3v) is 3.12. The summed E-state index contributed by atoms with van der Waals surface area (Å²) in [6.07, 6.45) is 0. The number of nitrogens with two attached hydrogens (primary N) is 1. The third-order valence-electron chi connectivity index (χ3n) is 2.01. The number of aryl methyl sites for hydroxylation is 1. The molecule has 0 amide bonds. The number of thioether (sulfide) groups is 1. The van der Waals surface area contributed by atoms with Crippen LogP contribution in [0.4, 0.5) is 0 Å². The Kier molecular flexibility index (Phi) is 5.35. The second-order valence-electron chi connectivity index (χ2n) is 3.49. The van der Waals surface area contributed by atoms with Gasteiger partial charge in [0.1, 0.15) is 6.04 Å². The van der Waals surface area contributed by atoms with Crippen molar-refractivity contribution in [3.8, 4) is 0 Å². The molecule has 88 valence electrons. The quantitative estimate of drug-likeness (QED) is 0.630. The fraction of sp³-hybridized carbons (Fsp3) is 0.417. The summed E-state index contributed by atoms with van der Waals surface area (Å²) in [6.45, 7) is 4.19. The molecule has 16 heavy (non-hydrogen) atoms. The summed E-state index contributed by atoms with van der Waals surface area (Å²) < 4.78 is 4.84. The molecule has 0 aromatic heterocycles. The van der Waals surface area contributed by atoms with Gasteiger partial charge in [-0.05, 0) is 26.0 Å². The topological polar surface area (TPSA) is 52.3 Å². The van der Waals surface area contributed by atoms with Crippen molar-refractivity contribution < 1.29 is 9.53 Å². The number of ether oxygens (including phenoxy) is 1. The van der Waals surface area contributed by atoms with E-state index in [0.717, 1.165) is 4.90 Å². The van der Waals surface area contributed by atoms with Gasteiger partial charge in [0.25, 0.3) is 0 Å². The first-order valence-corrected chi connectivity index (χ1v) is 6.23. The van der Waals surface area contributed by atoms with E-state index < -0.39 is 6.04 Å². The smallest absolute Gasteiger partial charge is 0.323 e. The maximum Gasteiger partial charge on any atom is 0.323 e. The van der Waals surface area contributed by atoms with Gasteiger partial charge in [-0.1, -0.05) is 17.7 Å². The molecule has 1 atom stereocenters. The van der Waals surface area contributed by atoms with Crippen LogP contribution in [0.5, 0.6) is 0 Å². The summed E-state index contributed by atoms with van der Waals surface area (Å²) in [5.74, 6) is 0.213. The largest absolute Gasteiger partial charge is 0.465 e. The highest BCUT2D eigenvalue weighted by molar-refractivity contribution is 7.99. The third kappa shape index (κ3) is 4.24. The highest BCUT2D eigenvalue weighted by Gasteiger charge is 2.14. The molecule has 0 fully saturated rings. The van der Waals surface area contributed by atoms with Crippen LogP contribution in [0, 0.1) is 6.92 Å². The molecular weight excluding hydrogens is 222 g/mol. The summed E-state index contributed by atoms with van der Waals surface area (Å²) in [5.41, 5.74) is 6.90. The van der Waals surface area contributed by atoms with Crippen molar-refractivity contribution in [3.05, 3.63) is 29.8 Å². The lowest BCUT2D eigenvalue weighted by atomic mass is 10.2. The lowest BCUT2D eigenvalue weighted by Gasteiger charge is -2.10. The number of carbonyl (C=O) groups is 1. The van der Waals surface area contributed by atoms with Gasteiger partial charge in [-0.25, -0.2) is 0 Å². The van der Waals surface area contributed by atoms with Crippen molar-refractivity contribution in [1.29, 1.82) is 0 Å². The van der Waals surface area contributed by atoms with E-state index in [1.807, 2.05) is 25.1 Å². The van der Waals surface area contributed by atoms with Gasteiger partial charge in [0.2, 0.25) is 0 Å². The molecule has 0 bridgehead atoms. The number of carbonyl (C=O) groups excluding carboxylic acids is 1. The Morgan fingerprint density at radius 3 is 2.94 bits per heavy atom. The molecule has 1 rings (SSSR count). The van der Waals surface area contributed by atoms with Crippen molar-refractivity contribution in [2.24, 2.45) is 5.73 Å². The highest BCUT2D eigenvalue weighted by atomic mass is 32.2. The molecule has 1 aromatic carbocycles. The molecule has 4 heteroatoms. The van der Waals surface area contributed by atoms with Gasteiger partial charge < -0.3 is 10.5 Å². The number of hydrogen-bond donors (Lipinski definition) is 1. The van der Waals surface area contributed by atoms with Crippen LogP contribution in [0.1, 0.15) is 12.5 Å². The Morgan fingerprint density at radius 2 is 2.31 bits per heavy atom. The fourth-order valence-corrected chi connectivity index (χ4v) is 2.16. The van der Waals surface area contributed by atoms with Gasteiger partial charge in [0.15, 0.2) is 0 Å². The van der Waals surface area contributed by atoms with Crippen molar-refractivity contribution in [3.63, 3.8) is 0 Å². The first-order chi connectivity index (χ1) is 7.63. The first-order valence-electron chi connectivity index (χ1n) is 5.25. The van der Waals surface area contributed by atoms with E-state index in [2.05, 4.69) is 6.07 Å². The molecular formula is C12H17NO2S. The maximum atomic E-state index is 11.3. The van der Waals surface area contributed by atoms with E-state index >= 15 is 0 Å². The van der Waals surface area contributed by atoms with E-state index in [9.17, 15) is 4.79 Å². The molecule has 0 aliphatic rings. The van der Waals surface area contributed by atoms with Crippen molar-refractivity contribution in [1.82, 2.24) is 0 Å². The predicted octanol–water partition coefficient (Wildman–Crippen LogP) is 1.98. The van der Waals surface area contributed by atoms with Crippen LogP contribution in [-0.2, 0) is 9.53 Å². The Hall–Kier alpha value is -1.00. The van der Waals surface area contributed by atoms with E-state index in [1.165, 1.54) is 5.56 Å². The number of hydrogen-bond acceptors (Lipinski definition) is 4. The lowest BCUT2D eigenvalue weighted by molar-refractivity contribution is -0.144. The highest BCUT2D eigenvalue weighted by Crippen LogP contribution is 2.19. The van der Waals surface area contributed by atoms with Gasteiger partial charge in [-0.2, -0.15) is 0 Å². The predicted molar refractivity (Wildman–Crippen MR) is 66.5 cm³/mol. The van der Waals surface area contributed by atoms with Crippen LogP contribution in [-0.4, -0.2) is 24.4 Å². The van der Waals surface area contributed by atoms with E-state index in [1.54, 1.807) is 18.7 Å². The van der Waals surface area contributed by atoms with Gasteiger partial charge in [0, 0.05) is 10.6 Å². The fourth-order valence-electron chi connectivity index (χ4n) is 1.21. The Balaban J connectivity index is 2.42. The van der Waals surface area contributed by atoms with Gasteiger partial charge in [-0.15, -0.1) is 11.8 Å². The molecule has 0 saturated carbocycles. The normalized spacial score (nSPS) is 12.2. The zero-order valence-electron chi connectivity index (χ0n) is 9.60. The molecule has 0 spiro atoms. The molecule has 0 aliphatic heterocycles. The van der Waals surface area contributed by atoms with Crippen LogP contribution in [0.15, 0.2) is 29.2 Å². The Morgan fingerprint density at radius 1 is 1.56 bits per heavy atom. The summed E-state index contributed by atoms with van der Waals surface area (Å²) in [6, 6.07) is 7.56. The maximum absolute atomic E-state index is 11.3. The number of esters is 1. The standard InChI is InChI=1S/C12H17NO2S/c1-3-15-12(14)11(13)8-16-10-6-4-5-9(2)7-10/h4-7,11H,3,8,13H2,1-2H3. The lowest BCUT2D eigenvalue weighted by Crippen LogP contribution is -2.34. The van der Waals surface area contributed by atoms with Crippen molar-refractivity contribution >= 4 is 17.7 Å². The van der Waals surface area contributed by atoms with E-state index in [0.29, 0.717) is 12.4 Å². The summed E-state index contributed by atoms with van der Waals surface area (Å²) in [4.78, 5) is 12.4. The molecule has 0 saturated heterocycles. The van der Waals surface area contributed by atoms with E-state index in [4.69, 9.17) is 10.5 Å². The monoisotopic (exact) mass is 239 g/mol. The molecule has 1 unspecified atom stereocenters. The number of benzene rings is 1. The average molecular weight is 239 g/mol. The van der Waals surface area contributed by atoms with Crippen molar-refractivity contribution in [2.75, 3.05) is 12.4 Å². The molecule has 0 heterocycles. The molecule has 3 nitrogen and oxygen atoms in total. The summed E-state index contributed by atoms with van der Waals surface area (Å²) >= 11 is 1.57. The Labute approximate surface area is 100 Å². The van der Waals surface area contributed by atoms with Crippen LogP contribution < -0.4 is 5.73 Å². The SMILES string of the molecule is CCOC(=O)C(N)CSc1cccc(C)c1. The van der Waals surface area contributed by atoms with Crippen molar-refractivity contribution in [2.45, 2.75) is 24.8 Å². The molecule has 0 aliphatic carbocycles. The Bertz CT molecular complexity index is 355. The van der Waals surface area contributed by atoms with Crippen LogP contribution >= 0.6 is 11.8 Å². The zero-order valence-corrected chi connectivity index (χ0v) is 10.4. The molecule has 2 N–H and O–H groups in total. The number of rotatable bonds is 5. The molecule has 0 radical (unpaired) electrons. The van der Waals surface area contributed by atoms with Crippen LogP contribution in [0.2, 0.25) is 0 Å². The van der Waals surface area contributed by atoms with Crippen LogP contribution in [0.3, 0.4) is 0 Å². The second kappa shape index (κ2) is 6.55. The van der Waals surface area contributed by atoms with Crippen LogP contribution in [0.25, 0.3) is 0 Å². The minimum Gasteiger partial charge on any atom is -0.465 e. The average Bonchev–Trinajstić information content (AvgIpc) is 2.26. The summed E-state index contributed by atoms with van der Waals surface area (Å²) in [7, 11) is 0. The van der Waals surface area contributed by atoms with E-state index in [-0.39, 0.29) is 5.97 Å². The second-order valence-corrected chi connectivity index (χ2v) is 4.58.